The molecular formula is C23H19BrN6O6. The Labute approximate surface area is 213 Å². The first-order chi connectivity index (χ1) is 17.2. The Balaban J connectivity index is 1.63. The van der Waals surface area contributed by atoms with Gasteiger partial charge in [-0.2, -0.15) is 10.4 Å². The number of amides is 1. The smallest absolute Gasteiger partial charge is 0.287 e. The molecule has 0 saturated heterocycles. The lowest BCUT2D eigenvalue weighted by molar-refractivity contribution is -0.385. The third kappa shape index (κ3) is 6.17. The standard InChI is InChI=1S/C23H19BrN6O6/c1-14-22(24)19(13-35-2)18(9-25)23(32)29(14)12-20(31)28-27-10-15-3-6-17(7-4-15)36-21-8-5-16(11-26-21)30(33)34/h3-8,10-11H,12-13H2,1-2H3,(H,28,31)/b27-10-. The number of carbonyl (C=O) groups excluding carboxylic acids is 1. The van der Waals surface area contributed by atoms with Gasteiger partial charge in [-0.3, -0.25) is 19.7 Å². The lowest BCUT2D eigenvalue weighted by Gasteiger charge is -2.15. The van der Waals surface area contributed by atoms with Crippen molar-refractivity contribution in [1.82, 2.24) is 15.0 Å². The Morgan fingerprint density at radius 2 is 2.06 bits per heavy atom. The van der Waals surface area contributed by atoms with Gasteiger partial charge in [-0.25, -0.2) is 10.4 Å². The van der Waals surface area contributed by atoms with Crippen molar-refractivity contribution < 1.29 is 19.2 Å². The summed E-state index contributed by atoms with van der Waals surface area (Å²) in [5, 5.41) is 24.0. The first-order valence-electron chi connectivity index (χ1n) is 10.3. The number of aromatic nitrogens is 2. The number of methoxy groups -OCH3 is 1. The van der Waals surface area contributed by atoms with Crippen molar-refractivity contribution >= 4 is 33.7 Å². The molecule has 0 aliphatic rings. The molecule has 0 atom stereocenters. The molecule has 3 rings (SSSR count). The van der Waals surface area contributed by atoms with Gasteiger partial charge in [0.2, 0.25) is 5.88 Å². The Hall–Kier alpha value is -4.41. The first kappa shape index (κ1) is 26.2. The Morgan fingerprint density at radius 1 is 1.33 bits per heavy atom. The van der Waals surface area contributed by atoms with Crippen LogP contribution in [0.4, 0.5) is 5.69 Å². The predicted octanol–water partition coefficient (Wildman–Crippen LogP) is 3.18. The quantitative estimate of drug-likeness (QED) is 0.239. The minimum absolute atomic E-state index is 0.0745. The summed E-state index contributed by atoms with van der Waals surface area (Å²) in [6, 6.07) is 11.2. The van der Waals surface area contributed by atoms with Gasteiger partial charge in [0.15, 0.2) is 0 Å². The summed E-state index contributed by atoms with van der Waals surface area (Å²) in [6.07, 6.45) is 2.50. The lowest BCUT2D eigenvalue weighted by atomic mass is 10.1. The van der Waals surface area contributed by atoms with Crippen molar-refractivity contribution in [3.63, 3.8) is 0 Å². The minimum atomic E-state index is -0.595. The molecular weight excluding hydrogens is 536 g/mol. The van der Waals surface area contributed by atoms with Crippen molar-refractivity contribution in [2.45, 2.75) is 20.1 Å². The van der Waals surface area contributed by atoms with Crippen LogP contribution in [0.1, 0.15) is 22.4 Å². The number of nitro groups is 1. The zero-order valence-corrected chi connectivity index (χ0v) is 20.7. The van der Waals surface area contributed by atoms with Gasteiger partial charge in [-0.1, -0.05) is 0 Å². The van der Waals surface area contributed by atoms with Crippen LogP contribution < -0.4 is 15.7 Å². The molecule has 0 spiro atoms. The number of carbonyl (C=O) groups is 1. The number of hydrazone groups is 1. The van der Waals surface area contributed by atoms with E-state index in [0.29, 0.717) is 27.0 Å². The minimum Gasteiger partial charge on any atom is -0.439 e. The SMILES string of the molecule is COCc1c(Br)c(C)n(CC(=O)N/N=C\c2ccc(Oc3ccc([N+](=O)[O-])cn3)cc2)c(=O)c1C#N. The van der Waals surface area contributed by atoms with E-state index in [-0.39, 0.29) is 30.3 Å². The van der Waals surface area contributed by atoms with E-state index in [1.807, 2.05) is 6.07 Å². The molecule has 1 N–H and O–H groups in total. The highest BCUT2D eigenvalue weighted by Crippen LogP contribution is 2.23. The number of hydrogen-bond donors (Lipinski definition) is 1. The molecule has 0 unspecified atom stereocenters. The van der Waals surface area contributed by atoms with Crippen LogP contribution in [0, 0.1) is 28.4 Å². The maximum atomic E-state index is 12.7. The molecule has 0 aliphatic heterocycles. The van der Waals surface area contributed by atoms with Crippen LogP contribution in [-0.4, -0.2) is 33.7 Å². The molecule has 13 heteroatoms. The van der Waals surface area contributed by atoms with Gasteiger partial charge in [0, 0.05) is 35.0 Å². The average Bonchev–Trinajstić information content (AvgIpc) is 2.87. The Bertz CT molecular complexity index is 1410. The van der Waals surface area contributed by atoms with Gasteiger partial charge in [0.1, 0.15) is 30.1 Å². The van der Waals surface area contributed by atoms with Crippen molar-refractivity contribution in [3.05, 3.63) is 89.9 Å². The molecule has 184 valence electrons. The van der Waals surface area contributed by atoms with E-state index in [9.17, 15) is 25.0 Å². The number of nitrogens with zero attached hydrogens (tertiary/aromatic N) is 5. The maximum Gasteiger partial charge on any atom is 0.287 e. The zero-order chi connectivity index (χ0) is 26.2. The van der Waals surface area contributed by atoms with Gasteiger partial charge < -0.3 is 14.0 Å². The molecule has 12 nitrogen and oxygen atoms in total. The van der Waals surface area contributed by atoms with Crippen molar-refractivity contribution in [3.8, 4) is 17.7 Å². The van der Waals surface area contributed by atoms with E-state index in [4.69, 9.17) is 9.47 Å². The summed E-state index contributed by atoms with van der Waals surface area (Å²) in [6.45, 7) is 1.39. The number of ether oxygens (including phenoxy) is 2. The highest BCUT2D eigenvalue weighted by atomic mass is 79.9. The van der Waals surface area contributed by atoms with Crippen LogP contribution in [0.15, 0.2) is 57.0 Å². The number of nitriles is 1. The normalized spacial score (nSPS) is 10.7. The number of pyridine rings is 2. The molecule has 0 saturated carbocycles. The highest BCUT2D eigenvalue weighted by Gasteiger charge is 2.19. The summed E-state index contributed by atoms with van der Waals surface area (Å²) in [7, 11) is 1.46. The fourth-order valence-corrected chi connectivity index (χ4v) is 3.62. The number of nitrogens with one attached hydrogen (secondary N) is 1. The Morgan fingerprint density at radius 3 is 2.64 bits per heavy atom. The van der Waals surface area contributed by atoms with E-state index in [2.05, 4.69) is 31.4 Å². The number of rotatable bonds is 9. The number of halogens is 1. The highest BCUT2D eigenvalue weighted by molar-refractivity contribution is 9.10. The maximum absolute atomic E-state index is 12.7. The Kier molecular flexibility index (Phi) is 8.61. The summed E-state index contributed by atoms with van der Waals surface area (Å²) >= 11 is 3.37. The van der Waals surface area contributed by atoms with Crippen molar-refractivity contribution in [1.29, 1.82) is 5.26 Å². The largest absolute Gasteiger partial charge is 0.439 e. The molecule has 2 aromatic heterocycles. The van der Waals surface area contributed by atoms with Crippen molar-refractivity contribution in [2.75, 3.05) is 7.11 Å². The molecule has 2 heterocycles. The van der Waals surface area contributed by atoms with Crippen molar-refractivity contribution in [2.24, 2.45) is 5.10 Å². The lowest BCUT2D eigenvalue weighted by Crippen LogP contribution is -2.33. The molecule has 0 fully saturated rings. The van der Waals surface area contributed by atoms with E-state index in [1.54, 1.807) is 31.2 Å². The molecule has 0 radical (unpaired) electrons. The van der Waals surface area contributed by atoms with Crippen LogP contribution in [0.2, 0.25) is 0 Å². The van der Waals surface area contributed by atoms with Gasteiger partial charge in [0.05, 0.1) is 17.7 Å². The summed E-state index contributed by atoms with van der Waals surface area (Å²) in [5.74, 6) is 0.0837. The van der Waals surface area contributed by atoms with Gasteiger partial charge in [-0.15, -0.1) is 0 Å². The van der Waals surface area contributed by atoms with E-state index in [1.165, 1.54) is 30.0 Å². The number of hydrogen-bond acceptors (Lipinski definition) is 9. The third-order valence-corrected chi connectivity index (χ3v) is 5.94. The average molecular weight is 555 g/mol. The van der Waals surface area contributed by atoms with E-state index >= 15 is 0 Å². The summed E-state index contributed by atoms with van der Waals surface area (Å²) < 4.78 is 12.3. The molecule has 36 heavy (non-hydrogen) atoms. The van der Waals surface area contributed by atoms with Crippen LogP contribution in [0.5, 0.6) is 11.6 Å². The predicted molar refractivity (Wildman–Crippen MR) is 132 cm³/mol. The van der Waals surface area contributed by atoms with Gasteiger partial charge in [0.25, 0.3) is 17.2 Å². The third-order valence-electron chi connectivity index (χ3n) is 4.89. The second kappa shape index (κ2) is 11.8. The van der Waals surface area contributed by atoms with Gasteiger partial charge >= 0.3 is 0 Å². The van der Waals surface area contributed by atoms with Crippen LogP contribution >= 0.6 is 15.9 Å². The second-order valence-corrected chi connectivity index (χ2v) is 8.06. The fourth-order valence-electron chi connectivity index (χ4n) is 3.09. The summed E-state index contributed by atoms with van der Waals surface area (Å²) in [5.41, 5.74) is 3.06. The van der Waals surface area contributed by atoms with Crippen LogP contribution in [-0.2, 0) is 22.7 Å². The molecule has 1 aromatic carbocycles. The van der Waals surface area contributed by atoms with E-state index in [0.717, 1.165) is 6.20 Å². The van der Waals surface area contributed by atoms with E-state index < -0.39 is 16.4 Å². The van der Waals surface area contributed by atoms with Gasteiger partial charge in [-0.05, 0) is 52.7 Å². The molecule has 1 amide bonds. The molecule has 0 bridgehead atoms. The fraction of sp³-hybridized carbons (Fsp3) is 0.174. The first-order valence-corrected chi connectivity index (χ1v) is 11.1. The molecule has 3 aromatic rings. The second-order valence-electron chi connectivity index (χ2n) is 7.27. The summed E-state index contributed by atoms with van der Waals surface area (Å²) in [4.78, 5) is 39.1. The topological polar surface area (TPSA) is 162 Å². The number of benzene rings is 1. The monoisotopic (exact) mass is 554 g/mol. The molecule has 0 aliphatic carbocycles. The van der Waals surface area contributed by atoms with Crippen LogP contribution in [0.3, 0.4) is 0 Å². The zero-order valence-electron chi connectivity index (χ0n) is 19.1. The van der Waals surface area contributed by atoms with Crippen LogP contribution in [0.25, 0.3) is 0 Å².